The van der Waals surface area contributed by atoms with Gasteiger partial charge in [-0.15, -0.1) is 0 Å². The first-order chi connectivity index (χ1) is 9.62. The van der Waals surface area contributed by atoms with Crippen molar-refractivity contribution in [2.75, 3.05) is 13.7 Å². The van der Waals surface area contributed by atoms with Crippen LogP contribution >= 0.6 is 0 Å². The van der Waals surface area contributed by atoms with E-state index in [1.54, 1.807) is 12.1 Å². The average molecular weight is 280 g/mol. The number of hydrogen-bond acceptors (Lipinski definition) is 5. The monoisotopic (exact) mass is 280 g/mol. The third kappa shape index (κ3) is 4.90. The first-order valence-corrected chi connectivity index (χ1v) is 7.04. The first-order valence-electron chi connectivity index (χ1n) is 7.04. The van der Waals surface area contributed by atoms with Crippen molar-refractivity contribution in [3.63, 3.8) is 0 Å². The number of methoxy groups -OCH3 is 1. The summed E-state index contributed by atoms with van der Waals surface area (Å²) in [5.41, 5.74) is 1.27. The molecule has 0 saturated heterocycles. The summed E-state index contributed by atoms with van der Waals surface area (Å²) in [7, 11) is 1.34. The summed E-state index contributed by atoms with van der Waals surface area (Å²) >= 11 is 0. The lowest BCUT2D eigenvalue weighted by atomic mass is 9.96. The molecule has 0 aliphatic carbocycles. The van der Waals surface area contributed by atoms with E-state index in [0.29, 0.717) is 24.6 Å². The molecule has 0 amide bonds. The molecule has 0 bridgehead atoms. The molecule has 2 N–H and O–H groups in total. The number of pyridine rings is 1. The lowest BCUT2D eigenvalue weighted by Gasteiger charge is -2.20. The molecule has 0 spiro atoms. The van der Waals surface area contributed by atoms with Gasteiger partial charge in [-0.25, -0.2) is 4.79 Å². The molecule has 1 unspecified atom stereocenters. The number of aromatic nitrogens is 1. The zero-order valence-corrected chi connectivity index (χ0v) is 12.4. The van der Waals surface area contributed by atoms with Gasteiger partial charge < -0.3 is 15.2 Å². The van der Waals surface area contributed by atoms with Gasteiger partial charge in [0.15, 0.2) is 0 Å². The summed E-state index contributed by atoms with van der Waals surface area (Å²) in [5, 5.41) is 13.2. The number of esters is 1. The highest BCUT2D eigenvalue weighted by molar-refractivity contribution is 5.88. The smallest absolute Gasteiger partial charge is 0.339 e. The Morgan fingerprint density at radius 1 is 1.40 bits per heavy atom. The van der Waals surface area contributed by atoms with Gasteiger partial charge in [-0.05, 0) is 18.1 Å². The van der Waals surface area contributed by atoms with E-state index in [-0.39, 0.29) is 12.1 Å². The molecule has 0 aliphatic heterocycles. The average Bonchev–Trinajstić information content (AvgIpc) is 2.48. The van der Waals surface area contributed by atoms with Crippen LogP contribution in [0.4, 0.5) is 0 Å². The molecule has 20 heavy (non-hydrogen) atoms. The van der Waals surface area contributed by atoms with E-state index < -0.39 is 0 Å². The normalized spacial score (nSPS) is 12.4. The number of carbonyl (C=O) groups excluding carboxylic acids is 1. The zero-order valence-electron chi connectivity index (χ0n) is 12.4. The van der Waals surface area contributed by atoms with Crippen molar-refractivity contribution < 1.29 is 14.6 Å². The van der Waals surface area contributed by atoms with E-state index in [1.165, 1.54) is 13.3 Å². The minimum atomic E-state index is -0.388. The number of aliphatic hydroxyl groups excluding tert-OH is 1. The molecule has 5 nitrogen and oxygen atoms in total. The maximum atomic E-state index is 11.3. The number of ether oxygens (including phenoxy) is 1. The van der Waals surface area contributed by atoms with Crippen molar-refractivity contribution in [2.24, 2.45) is 5.92 Å². The number of carbonyl (C=O) groups is 1. The van der Waals surface area contributed by atoms with E-state index in [4.69, 9.17) is 0 Å². The molecular formula is C15H24N2O3. The lowest BCUT2D eigenvalue weighted by Crippen LogP contribution is -2.32. The summed E-state index contributed by atoms with van der Waals surface area (Å²) < 4.78 is 4.61. The van der Waals surface area contributed by atoms with Crippen molar-refractivity contribution in [3.8, 4) is 0 Å². The maximum Gasteiger partial charge on any atom is 0.339 e. The highest BCUT2D eigenvalue weighted by Crippen LogP contribution is 2.12. The Hall–Kier alpha value is -1.46. The van der Waals surface area contributed by atoms with Gasteiger partial charge in [0.05, 0.1) is 24.5 Å². The van der Waals surface area contributed by atoms with Crippen LogP contribution in [0.3, 0.4) is 0 Å². The van der Waals surface area contributed by atoms with Crippen LogP contribution in [-0.2, 0) is 11.3 Å². The second-order valence-electron chi connectivity index (χ2n) is 4.80. The van der Waals surface area contributed by atoms with Gasteiger partial charge in [0.1, 0.15) is 0 Å². The third-order valence-electron chi connectivity index (χ3n) is 3.50. The Balaban J connectivity index is 2.40. The second-order valence-corrected chi connectivity index (χ2v) is 4.80. The maximum absolute atomic E-state index is 11.3. The lowest BCUT2D eigenvalue weighted by molar-refractivity contribution is 0.0600. The second kappa shape index (κ2) is 8.66. The third-order valence-corrected chi connectivity index (χ3v) is 3.50. The molecule has 0 aliphatic rings. The number of nitrogens with zero attached hydrogens (tertiary/aromatic N) is 1. The summed E-state index contributed by atoms with van der Waals surface area (Å²) in [6, 6.07) is 3.47. The Kier molecular flexibility index (Phi) is 7.18. The number of hydrogen-bond donors (Lipinski definition) is 2. The number of nitrogens with one attached hydrogen (secondary N) is 1. The van der Waals surface area contributed by atoms with E-state index in [0.717, 1.165) is 18.5 Å². The molecule has 0 fully saturated rings. The molecule has 1 atom stereocenters. The fraction of sp³-hybridized carbons (Fsp3) is 0.600. The van der Waals surface area contributed by atoms with Gasteiger partial charge in [-0.1, -0.05) is 26.7 Å². The predicted octanol–water partition coefficient (Wildman–Crippen LogP) is 1.75. The molecule has 1 aromatic rings. The highest BCUT2D eigenvalue weighted by Gasteiger charge is 2.14. The Morgan fingerprint density at radius 3 is 2.60 bits per heavy atom. The summed E-state index contributed by atoms with van der Waals surface area (Å²) in [5.74, 6) is -0.0571. The Morgan fingerprint density at radius 2 is 2.10 bits per heavy atom. The highest BCUT2D eigenvalue weighted by atomic mass is 16.5. The SMILES string of the molecule is CCC(CC)C(O)CNCc1ccc(C(=O)OC)cn1. The van der Waals surface area contributed by atoms with Crippen molar-refractivity contribution in [1.82, 2.24) is 10.3 Å². The molecule has 0 aromatic carbocycles. The molecule has 1 aromatic heterocycles. The van der Waals surface area contributed by atoms with Gasteiger partial charge >= 0.3 is 5.97 Å². The van der Waals surface area contributed by atoms with Gasteiger partial charge in [-0.2, -0.15) is 0 Å². The van der Waals surface area contributed by atoms with Gasteiger partial charge in [0, 0.05) is 19.3 Å². The van der Waals surface area contributed by atoms with Crippen molar-refractivity contribution in [1.29, 1.82) is 0 Å². The van der Waals surface area contributed by atoms with Crippen LogP contribution < -0.4 is 5.32 Å². The van der Waals surface area contributed by atoms with Gasteiger partial charge in [0.2, 0.25) is 0 Å². The fourth-order valence-electron chi connectivity index (χ4n) is 2.12. The number of aliphatic hydroxyl groups is 1. The largest absolute Gasteiger partial charge is 0.465 e. The van der Waals surface area contributed by atoms with E-state index >= 15 is 0 Å². The number of rotatable bonds is 8. The van der Waals surface area contributed by atoms with Crippen molar-refractivity contribution in [3.05, 3.63) is 29.6 Å². The topological polar surface area (TPSA) is 71.5 Å². The minimum Gasteiger partial charge on any atom is -0.465 e. The van der Waals surface area contributed by atoms with Gasteiger partial charge in [-0.3, -0.25) is 4.98 Å². The fourth-order valence-corrected chi connectivity index (χ4v) is 2.12. The van der Waals surface area contributed by atoms with Gasteiger partial charge in [0.25, 0.3) is 0 Å². The molecule has 5 heteroatoms. The van der Waals surface area contributed by atoms with E-state index in [1.807, 2.05) is 0 Å². The van der Waals surface area contributed by atoms with Crippen molar-refractivity contribution in [2.45, 2.75) is 39.3 Å². The van der Waals surface area contributed by atoms with Crippen LogP contribution in [0.2, 0.25) is 0 Å². The Bertz CT molecular complexity index is 402. The predicted molar refractivity (Wildman–Crippen MR) is 77.4 cm³/mol. The summed E-state index contributed by atoms with van der Waals surface area (Å²) in [6.45, 7) is 5.29. The molecule has 1 rings (SSSR count). The van der Waals surface area contributed by atoms with Crippen LogP contribution in [0.25, 0.3) is 0 Å². The van der Waals surface area contributed by atoms with Crippen LogP contribution in [-0.4, -0.2) is 35.8 Å². The molecule has 112 valence electrons. The Labute approximate surface area is 120 Å². The minimum absolute atomic E-state index is 0.331. The summed E-state index contributed by atoms with van der Waals surface area (Å²) in [4.78, 5) is 15.4. The summed E-state index contributed by atoms with van der Waals surface area (Å²) in [6.07, 6.45) is 3.12. The quantitative estimate of drug-likeness (QED) is 0.710. The standard InChI is InChI=1S/C15H24N2O3/c1-4-11(5-2)14(18)10-16-9-13-7-6-12(8-17-13)15(19)20-3/h6-8,11,14,16,18H,4-5,9-10H2,1-3H3. The van der Waals surface area contributed by atoms with E-state index in [9.17, 15) is 9.90 Å². The van der Waals surface area contributed by atoms with Crippen LogP contribution in [0.15, 0.2) is 18.3 Å². The molecule has 1 heterocycles. The molecule has 0 radical (unpaired) electrons. The zero-order chi connectivity index (χ0) is 15.0. The van der Waals surface area contributed by atoms with Crippen LogP contribution in [0.5, 0.6) is 0 Å². The molecule has 0 saturated carbocycles. The van der Waals surface area contributed by atoms with Crippen LogP contribution in [0, 0.1) is 5.92 Å². The first kappa shape index (κ1) is 16.6. The molecular weight excluding hydrogens is 256 g/mol. The van der Waals surface area contributed by atoms with Crippen molar-refractivity contribution >= 4 is 5.97 Å². The van der Waals surface area contributed by atoms with E-state index in [2.05, 4.69) is 28.9 Å². The van der Waals surface area contributed by atoms with Crippen LogP contribution in [0.1, 0.15) is 42.7 Å².